The second kappa shape index (κ2) is 6.20. The predicted octanol–water partition coefficient (Wildman–Crippen LogP) is 2.97. The van der Waals surface area contributed by atoms with Gasteiger partial charge in [0.2, 0.25) is 10.0 Å². The van der Waals surface area contributed by atoms with E-state index in [1.54, 1.807) is 4.31 Å². The number of aryl methyl sites for hydroxylation is 1. The molecule has 130 valence electrons. The van der Waals surface area contributed by atoms with Gasteiger partial charge >= 0.3 is 0 Å². The van der Waals surface area contributed by atoms with Crippen molar-refractivity contribution < 1.29 is 8.42 Å². The molecule has 0 aromatic carbocycles. The Morgan fingerprint density at radius 1 is 1.22 bits per heavy atom. The zero-order chi connectivity index (χ0) is 16.8. The van der Waals surface area contributed by atoms with Gasteiger partial charge in [0.05, 0.1) is 11.4 Å². The van der Waals surface area contributed by atoms with Gasteiger partial charge in [-0.05, 0) is 57.3 Å². The molecule has 2 heterocycles. The van der Waals surface area contributed by atoms with Crippen LogP contribution in [-0.2, 0) is 16.6 Å². The Bertz CT molecular complexity index is 674. The summed E-state index contributed by atoms with van der Waals surface area (Å²) in [7, 11) is -3.43. The smallest absolute Gasteiger partial charge is 0.246 e. The van der Waals surface area contributed by atoms with Crippen molar-refractivity contribution >= 4 is 10.0 Å². The van der Waals surface area contributed by atoms with E-state index >= 15 is 0 Å². The topological polar surface area (TPSA) is 55.2 Å². The zero-order valence-corrected chi connectivity index (χ0v) is 15.6. The predicted molar refractivity (Wildman–Crippen MR) is 90.7 cm³/mol. The highest BCUT2D eigenvalue weighted by Crippen LogP contribution is 2.33. The van der Waals surface area contributed by atoms with Crippen molar-refractivity contribution in [3.05, 3.63) is 11.4 Å². The molecule has 0 bridgehead atoms. The van der Waals surface area contributed by atoms with E-state index in [1.165, 1.54) is 12.8 Å². The summed E-state index contributed by atoms with van der Waals surface area (Å²) in [5, 5.41) is 4.52. The highest BCUT2D eigenvalue weighted by atomic mass is 32.2. The van der Waals surface area contributed by atoms with Crippen LogP contribution in [0.1, 0.15) is 50.9 Å². The molecular weight excluding hydrogens is 310 g/mol. The molecule has 0 amide bonds. The molecule has 0 radical (unpaired) electrons. The summed E-state index contributed by atoms with van der Waals surface area (Å²) in [6.07, 6.45) is 4.56. The largest absolute Gasteiger partial charge is 0.268 e. The number of hydrogen-bond donors (Lipinski definition) is 0. The third-order valence-corrected chi connectivity index (χ3v) is 7.52. The molecule has 6 heteroatoms. The van der Waals surface area contributed by atoms with Gasteiger partial charge in [0, 0.05) is 19.6 Å². The third-order valence-electron chi connectivity index (χ3n) is 5.40. The number of piperidine rings is 1. The summed E-state index contributed by atoms with van der Waals surface area (Å²) < 4.78 is 30.0. The first-order valence-electron chi connectivity index (χ1n) is 8.85. The quantitative estimate of drug-likeness (QED) is 0.829. The van der Waals surface area contributed by atoms with Crippen molar-refractivity contribution in [3.8, 4) is 0 Å². The van der Waals surface area contributed by atoms with Crippen LogP contribution in [0.4, 0.5) is 0 Å². The maximum atomic E-state index is 13.2. The summed E-state index contributed by atoms with van der Waals surface area (Å²) in [4.78, 5) is 0.447. The van der Waals surface area contributed by atoms with Gasteiger partial charge < -0.3 is 0 Å². The van der Waals surface area contributed by atoms with Gasteiger partial charge in [-0.3, -0.25) is 4.68 Å². The van der Waals surface area contributed by atoms with Gasteiger partial charge in [-0.15, -0.1) is 0 Å². The molecular formula is C17H29N3O2S. The van der Waals surface area contributed by atoms with Crippen LogP contribution in [0.25, 0.3) is 0 Å². The monoisotopic (exact) mass is 339 g/mol. The van der Waals surface area contributed by atoms with E-state index in [-0.39, 0.29) is 0 Å². The molecule has 1 aliphatic heterocycles. The van der Waals surface area contributed by atoms with Crippen LogP contribution in [0.5, 0.6) is 0 Å². The average molecular weight is 340 g/mol. The molecule has 1 aromatic heterocycles. The Morgan fingerprint density at radius 2 is 1.91 bits per heavy atom. The Kier molecular flexibility index (Phi) is 4.58. The maximum absolute atomic E-state index is 13.2. The fraction of sp³-hybridized carbons (Fsp3) is 0.824. The fourth-order valence-electron chi connectivity index (χ4n) is 3.64. The van der Waals surface area contributed by atoms with Crippen molar-refractivity contribution in [1.29, 1.82) is 0 Å². The van der Waals surface area contributed by atoms with Crippen molar-refractivity contribution in [3.63, 3.8) is 0 Å². The molecule has 1 unspecified atom stereocenters. The normalized spacial score (nSPS) is 23.6. The van der Waals surface area contributed by atoms with Crippen molar-refractivity contribution in [1.82, 2.24) is 14.1 Å². The summed E-state index contributed by atoms with van der Waals surface area (Å²) in [5.41, 5.74) is 1.45. The number of aromatic nitrogens is 2. The lowest BCUT2D eigenvalue weighted by atomic mass is 9.89. The molecule has 1 atom stereocenters. The van der Waals surface area contributed by atoms with Crippen LogP contribution in [0, 0.1) is 31.6 Å². The van der Waals surface area contributed by atoms with E-state index in [0.29, 0.717) is 41.4 Å². The lowest BCUT2D eigenvalue weighted by molar-refractivity contribution is 0.219. The molecule has 2 aliphatic rings. The summed E-state index contributed by atoms with van der Waals surface area (Å²) >= 11 is 0. The van der Waals surface area contributed by atoms with Gasteiger partial charge in [0.15, 0.2) is 0 Å². The zero-order valence-electron chi connectivity index (χ0n) is 14.7. The van der Waals surface area contributed by atoms with Crippen molar-refractivity contribution in [2.45, 2.75) is 64.8 Å². The second-order valence-electron chi connectivity index (χ2n) is 7.63. The Labute approximate surface area is 140 Å². The Morgan fingerprint density at radius 3 is 2.52 bits per heavy atom. The Hall–Kier alpha value is -0.880. The van der Waals surface area contributed by atoms with Gasteiger partial charge in [-0.25, -0.2) is 8.42 Å². The maximum Gasteiger partial charge on any atom is 0.246 e. The Balaban J connectivity index is 1.88. The van der Waals surface area contributed by atoms with E-state index in [0.717, 1.165) is 25.1 Å². The first kappa shape index (κ1) is 17.0. The van der Waals surface area contributed by atoms with E-state index in [2.05, 4.69) is 18.9 Å². The highest BCUT2D eigenvalue weighted by Gasteiger charge is 2.35. The SMILES string of the molecule is Cc1nn(CC2CC2)c(C)c1S(=O)(=O)N1CCCC(C(C)C)C1. The van der Waals surface area contributed by atoms with Crippen molar-refractivity contribution in [2.24, 2.45) is 17.8 Å². The van der Waals surface area contributed by atoms with Crippen LogP contribution in [0.2, 0.25) is 0 Å². The third kappa shape index (κ3) is 3.33. The van der Waals surface area contributed by atoms with E-state index in [1.807, 2.05) is 18.5 Å². The molecule has 3 rings (SSSR count). The molecule has 23 heavy (non-hydrogen) atoms. The lowest BCUT2D eigenvalue weighted by Gasteiger charge is -2.34. The van der Waals surface area contributed by atoms with Crippen LogP contribution in [-0.4, -0.2) is 35.6 Å². The van der Waals surface area contributed by atoms with Crippen molar-refractivity contribution in [2.75, 3.05) is 13.1 Å². The molecule has 1 aliphatic carbocycles. The van der Waals surface area contributed by atoms with Crippen LogP contribution >= 0.6 is 0 Å². The number of nitrogens with zero attached hydrogens (tertiary/aromatic N) is 3. The number of hydrogen-bond acceptors (Lipinski definition) is 3. The molecule has 0 spiro atoms. The highest BCUT2D eigenvalue weighted by molar-refractivity contribution is 7.89. The molecule has 1 aromatic rings. The van der Waals surface area contributed by atoms with E-state index in [4.69, 9.17) is 0 Å². The summed E-state index contributed by atoms with van der Waals surface area (Å²) in [5.74, 6) is 1.66. The van der Waals surface area contributed by atoms with Crippen LogP contribution in [0.3, 0.4) is 0 Å². The van der Waals surface area contributed by atoms with Gasteiger partial charge in [0.1, 0.15) is 4.90 Å². The minimum absolute atomic E-state index is 0.447. The van der Waals surface area contributed by atoms with Gasteiger partial charge in [-0.2, -0.15) is 9.40 Å². The molecule has 1 saturated heterocycles. The van der Waals surface area contributed by atoms with Gasteiger partial charge in [0.25, 0.3) is 0 Å². The van der Waals surface area contributed by atoms with Gasteiger partial charge in [-0.1, -0.05) is 13.8 Å². The second-order valence-corrected chi connectivity index (χ2v) is 9.51. The van der Waals surface area contributed by atoms with E-state index < -0.39 is 10.0 Å². The minimum Gasteiger partial charge on any atom is -0.268 e. The van der Waals surface area contributed by atoms with E-state index in [9.17, 15) is 8.42 Å². The molecule has 0 N–H and O–H groups in total. The summed E-state index contributed by atoms with van der Waals surface area (Å²) in [6, 6.07) is 0. The summed E-state index contributed by atoms with van der Waals surface area (Å²) in [6.45, 7) is 10.2. The first-order valence-corrected chi connectivity index (χ1v) is 10.3. The number of sulfonamides is 1. The molecule has 5 nitrogen and oxygen atoms in total. The number of rotatable bonds is 5. The van der Waals surface area contributed by atoms with Crippen LogP contribution < -0.4 is 0 Å². The average Bonchev–Trinajstić information content (AvgIpc) is 3.25. The molecule has 2 fully saturated rings. The lowest BCUT2D eigenvalue weighted by Crippen LogP contribution is -2.41. The minimum atomic E-state index is -3.43. The standard InChI is InChI=1S/C17H29N3O2S/c1-12(2)16-6-5-9-19(11-16)23(21,22)17-13(3)18-20(14(17)4)10-15-7-8-15/h12,15-16H,5-11H2,1-4H3. The molecule has 1 saturated carbocycles. The van der Waals surface area contributed by atoms with Crippen LogP contribution in [0.15, 0.2) is 4.90 Å². The first-order chi connectivity index (χ1) is 10.8. The fourth-order valence-corrected chi connectivity index (χ4v) is 5.55.